The third-order valence-electron chi connectivity index (χ3n) is 2.18. The molecular weight excluding hydrogens is 266 g/mol. The Balaban J connectivity index is 2.44. The number of hydrogen-bond donors (Lipinski definition) is 1. The maximum Gasteiger partial charge on any atom is 0.216 e. The zero-order chi connectivity index (χ0) is 12.0. The lowest BCUT2D eigenvalue weighted by molar-refractivity contribution is -0.118. The summed E-state index contributed by atoms with van der Waals surface area (Å²) < 4.78 is 1.13. The van der Waals surface area contributed by atoms with E-state index in [1.807, 2.05) is 6.07 Å². The monoisotopic (exact) mass is 281 g/mol. The molecule has 1 amide bonds. The Morgan fingerprint density at radius 2 is 2.25 bits per heavy atom. The highest BCUT2D eigenvalue weighted by Crippen LogP contribution is 2.17. The van der Waals surface area contributed by atoms with E-state index in [2.05, 4.69) is 52.5 Å². The van der Waals surface area contributed by atoms with Crippen molar-refractivity contribution in [1.29, 1.82) is 0 Å². The van der Waals surface area contributed by atoms with Crippen LogP contribution < -0.4 is 5.32 Å². The van der Waals surface area contributed by atoms with Crippen LogP contribution in [0.25, 0.3) is 6.08 Å². The summed E-state index contributed by atoms with van der Waals surface area (Å²) in [6, 6.07) is 6.23. The molecule has 3 heteroatoms. The van der Waals surface area contributed by atoms with E-state index in [1.165, 1.54) is 18.1 Å². The lowest BCUT2D eigenvalue weighted by Crippen LogP contribution is -2.20. The highest BCUT2D eigenvalue weighted by atomic mass is 79.9. The Labute approximate surface area is 105 Å². The number of amides is 1. The summed E-state index contributed by atoms with van der Waals surface area (Å²) in [7, 11) is 0. The molecule has 86 valence electrons. The molecule has 0 saturated carbocycles. The van der Waals surface area contributed by atoms with Gasteiger partial charge in [-0.1, -0.05) is 40.2 Å². The molecule has 0 aliphatic rings. The first-order chi connectivity index (χ1) is 7.59. The molecule has 1 aromatic carbocycles. The van der Waals surface area contributed by atoms with Gasteiger partial charge in [-0.25, -0.2) is 0 Å². The zero-order valence-electron chi connectivity index (χ0n) is 9.59. The summed E-state index contributed by atoms with van der Waals surface area (Å²) in [5.74, 6) is 0.0212. The van der Waals surface area contributed by atoms with Gasteiger partial charge in [0.15, 0.2) is 0 Å². The first-order valence-corrected chi connectivity index (χ1v) is 6.06. The number of halogens is 1. The van der Waals surface area contributed by atoms with Crippen molar-refractivity contribution < 1.29 is 4.79 Å². The maximum atomic E-state index is 10.6. The van der Waals surface area contributed by atoms with Gasteiger partial charge in [0.2, 0.25) is 5.91 Å². The smallest absolute Gasteiger partial charge is 0.216 e. The summed E-state index contributed by atoms with van der Waals surface area (Å²) in [5.41, 5.74) is 2.41. The van der Waals surface area contributed by atoms with Crippen molar-refractivity contribution >= 4 is 27.9 Å². The van der Waals surface area contributed by atoms with E-state index >= 15 is 0 Å². The number of hydrogen-bond acceptors (Lipinski definition) is 1. The summed E-state index contributed by atoms with van der Waals surface area (Å²) in [6.07, 6.45) is 4.99. The zero-order valence-corrected chi connectivity index (χ0v) is 11.2. The van der Waals surface area contributed by atoms with Gasteiger partial charge in [0.25, 0.3) is 0 Å². The average Bonchev–Trinajstić information content (AvgIpc) is 2.22. The Morgan fingerprint density at radius 3 is 2.88 bits per heavy atom. The first-order valence-electron chi connectivity index (χ1n) is 5.26. The molecule has 1 aromatic rings. The van der Waals surface area contributed by atoms with Gasteiger partial charge in [0.05, 0.1) is 0 Å². The van der Waals surface area contributed by atoms with Crippen LogP contribution in [-0.4, -0.2) is 12.5 Å². The van der Waals surface area contributed by atoms with Gasteiger partial charge < -0.3 is 5.32 Å². The molecular formula is C13H16BrNO. The molecule has 0 fully saturated rings. The molecule has 0 heterocycles. The van der Waals surface area contributed by atoms with Crippen molar-refractivity contribution in [3.05, 3.63) is 39.9 Å². The lowest BCUT2D eigenvalue weighted by atomic mass is 10.1. The fourth-order valence-corrected chi connectivity index (χ4v) is 1.57. The predicted octanol–water partition coefficient (Wildman–Crippen LogP) is 3.30. The largest absolute Gasteiger partial charge is 0.356 e. The molecule has 0 aromatic heterocycles. The second-order valence-electron chi connectivity index (χ2n) is 3.68. The Kier molecular flexibility index (Phi) is 5.26. The van der Waals surface area contributed by atoms with Crippen LogP contribution in [0.2, 0.25) is 0 Å². The molecule has 1 rings (SSSR count). The normalized spacial score (nSPS) is 10.7. The fraction of sp³-hybridized carbons (Fsp3) is 0.308. The average molecular weight is 282 g/mol. The number of aryl methyl sites for hydroxylation is 1. The highest BCUT2D eigenvalue weighted by Gasteiger charge is 1.93. The van der Waals surface area contributed by atoms with Crippen LogP contribution in [0, 0.1) is 6.92 Å². The summed E-state index contributed by atoms with van der Waals surface area (Å²) in [4.78, 5) is 10.6. The molecule has 0 radical (unpaired) electrons. The SMILES string of the molecule is CC(=O)NCCC=Cc1ccc(Br)c(C)c1. The number of nitrogens with one attached hydrogen (secondary N) is 1. The van der Waals surface area contributed by atoms with Crippen molar-refractivity contribution in [2.24, 2.45) is 0 Å². The molecule has 0 atom stereocenters. The van der Waals surface area contributed by atoms with Gasteiger partial charge in [-0.15, -0.1) is 0 Å². The number of rotatable bonds is 4. The van der Waals surface area contributed by atoms with Gasteiger partial charge in [-0.2, -0.15) is 0 Å². The van der Waals surface area contributed by atoms with E-state index in [-0.39, 0.29) is 5.91 Å². The van der Waals surface area contributed by atoms with E-state index in [0.29, 0.717) is 6.54 Å². The van der Waals surface area contributed by atoms with E-state index in [4.69, 9.17) is 0 Å². The van der Waals surface area contributed by atoms with E-state index in [1.54, 1.807) is 0 Å². The second kappa shape index (κ2) is 6.48. The minimum atomic E-state index is 0.0212. The minimum absolute atomic E-state index is 0.0212. The van der Waals surface area contributed by atoms with Crippen LogP contribution in [0.1, 0.15) is 24.5 Å². The minimum Gasteiger partial charge on any atom is -0.356 e. The first kappa shape index (κ1) is 13.0. The molecule has 0 aliphatic carbocycles. The van der Waals surface area contributed by atoms with Gasteiger partial charge in [-0.3, -0.25) is 4.79 Å². The summed E-state index contributed by atoms with van der Waals surface area (Å²) >= 11 is 3.47. The van der Waals surface area contributed by atoms with Gasteiger partial charge >= 0.3 is 0 Å². The van der Waals surface area contributed by atoms with Crippen molar-refractivity contribution in [1.82, 2.24) is 5.32 Å². The van der Waals surface area contributed by atoms with E-state index < -0.39 is 0 Å². The number of benzene rings is 1. The Morgan fingerprint density at radius 1 is 1.50 bits per heavy atom. The van der Waals surface area contributed by atoms with Gasteiger partial charge in [-0.05, 0) is 30.5 Å². The molecule has 1 N–H and O–H groups in total. The molecule has 16 heavy (non-hydrogen) atoms. The topological polar surface area (TPSA) is 29.1 Å². The third kappa shape index (κ3) is 4.62. The quantitative estimate of drug-likeness (QED) is 0.843. The van der Waals surface area contributed by atoms with Crippen LogP contribution in [0.15, 0.2) is 28.7 Å². The van der Waals surface area contributed by atoms with Gasteiger partial charge in [0, 0.05) is 17.9 Å². The standard InChI is InChI=1S/C13H16BrNO/c1-10-9-12(6-7-13(10)14)5-3-4-8-15-11(2)16/h3,5-7,9H,4,8H2,1-2H3,(H,15,16). The Bertz CT molecular complexity index is 399. The van der Waals surface area contributed by atoms with Crippen LogP contribution in [0.4, 0.5) is 0 Å². The van der Waals surface area contributed by atoms with Crippen molar-refractivity contribution in [3.63, 3.8) is 0 Å². The molecule has 0 spiro atoms. The molecule has 0 aliphatic heterocycles. The maximum absolute atomic E-state index is 10.6. The second-order valence-corrected chi connectivity index (χ2v) is 4.54. The lowest BCUT2D eigenvalue weighted by Gasteiger charge is -2.00. The number of carbonyl (C=O) groups is 1. The van der Waals surface area contributed by atoms with Crippen LogP contribution in [0.5, 0.6) is 0 Å². The third-order valence-corrected chi connectivity index (χ3v) is 3.07. The van der Waals surface area contributed by atoms with Crippen LogP contribution in [0.3, 0.4) is 0 Å². The molecule has 0 saturated heterocycles. The fourth-order valence-electron chi connectivity index (χ4n) is 1.32. The Hall–Kier alpha value is -1.09. The van der Waals surface area contributed by atoms with Crippen molar-refractivity contribution in [2.75, 3.05) is 6.54 Å². The van der Waals surface area contributed by atoms with Gasteiger partial charge in [0.1, 0.15) is 0 Å². The van der Waals surface area contributed by atoms with E-state index in [9.17, 15) is 4.79 Å². The van der Waals surface area contributed by atoms with Crippen LogP contribution in [-0.2, 0) is 4.79 Å². The summed E-state index contributed by atoms with van der Waals surface area (Å²) in [5, 5.41) is 2.75. The van der Waals surface area contributed by atoms with E-state index in [0.717, 1.165) is 10.9 Å². The number of carbonyl (C=O) groups excluding carboxylic acids is 1. The molecule has 0 bridgehead atoms. The molecule has 0 unspecified atom stereocenters. The van der Waals surface area contributed by atoms with Crippen molar-refractivity contribution in [3.8, 4) is 0 Å². The molecule has 2 nitrogen and oxygen atoms in total. The van der Waals surface area contributed by atoms with Crippen molar-refractivity contribution in [2.45, 2.75) is 20.3 Å². The predicted molar refractivity (Wildman–Crippen MR) is 71.2 cm³/mol. The highest BCUT2D eigenvalue weighted by molar-refractivity contribution is 9.10. The summed E-state index contributed by atoms with van der Waals surface area (Å²) in [6.45, 7) is 4.29. The van der Waals surface area contributed by atoms with Crippen LogP contribution >= 0.6 is 15.9 Å².